The zero-order valence-corrected chi connectivity index (χ0v) is 10.4. The Morgan fingerprint density at radius 3 is 2.31 bits per heavy atom. The number of piperidine rings is 1. The molecule has 1 rings (SSSR count). The lowest BCUT2D eigenvalue weighted by molar-refractivity contribution is -0.142. The predicted octanol–water partition coefficient (Wildman–Crippen LogP) is 1.44. The first-order valence-corrected chi connectivity index (χ1v) is 5.90. The molecule has 4 heteroatoms. The van der Waals surface area contributed by atoms with Crippen LogP contribution in [0.4, 0.5) is 0 Å². The molecule has 1 aliphatic rings. The third-order valence-corrected chi connectivity index (χ3v) is 3.10. The molecule has 0 radical (unpaired) electrons. The molecule has 1 heterocycles. The first kappa shape index (κ1) is 13.0. The summed E-state index contributed by atoms with van der Waals surface area (Å²) in [5, 5.41) is 0. The number of esters is 1. The number of rotatable bonds is 3. The van der Waals surface area contributed by atoms with Crippen LogP contribution in [0.3, 0.4) is 0 Å². The quantitative estimate of drug-likeness (QED) is 0.685. The zero-order chi connectivity index (χ0) is 12.1. The number of amides is 1. The molecule has 0 atom stereocenters. The van der Waals surface area contributed by atoms with E-state index in [1.54, 1.807) is 0 Å². The lowest BCUT2D eigenvalue weighted by Crippen LogP contribution is -2.40. The number of methoxy groups -OCH3 is 1. The van der Waals surface area contributed by atoms with E-state index in [4.69, 9.17) is 0 Å². The first-order valence-electron chi connectivity index (χ1n) is 5.90. The van der Waals surface area contributed by atoms with Gasteiger partial charge in [0.25, 0.3) is 0 Å². The molecule has 0 unspecified atom stereocenters. The summed E-state index contributed by atoms with van der Waals surface area (Å²) in [5.41, 5.74) is 0. The van der Waals surface area contributed by atoms with Gasteiger partial charge in [0.05, 0.1) is 7.11 Å². The maximum Gasteiger partial charge on any atom is 0.305 e. The van der Waals surface area contributed by atoms with Crippen LogP contribution in [0, 0.1) is 11.8 Å². The van der Waals surface area contributed by atoms with Crippen LogP contribution in [0.1, 0.15) is 33.1 Å². The van der Waals surface area contributed by atoms with Crippen LogP contribution < -0.4 is 0 Å². The van der Waals surface area contributed by atoms with Gasteiger partial charge < -0.3 is 9.64 Å². The molecule has 92 valence electrons. The Kier molecular flexibility index (Phi) is 4.77. The highest BCUT2D eigenvalue weighted by atomic mass is 16.5. The van der Waals surface area contributed by atoms with Crippen molar-refractivity contribution in [1.29, 1.82) is 0 Å². The topological polar surface area (TPSA) is 46.6 Å². The molecule has 1 saturated heterocycles. The van der Waals surface area contributed by atoms with Crippen molar-refractivity contribution in [3.63, 3.8) is 0 Å². The van der Waals surface area contributed by atoms with Crippen LogP contribution in [0.2, 0.25) is 0 Å². The van der Waals surface area contributed by atoms with Crippen LogP contribution in [0.15, 0.2) is 0 Å². The fourth-order valence-corrected chi connectivity index (χ4v) is 2.04. The van der Waals surface area contributed by atoms with Gasteiger partial charge >= 0.3 is 5.97 Å². The van der Waals surface area contributed by atoms with Crippen molar-refractivity contribution in [3.8, 4) is 0 Å². The van der Waals surface area contributed by atoms with Gasteiger partial charge in [0.15, 0.2) is 0 Å². The Hall–Kier alpha value is -1.06. The fraction of sp³-hybridized carbons (Fsp3) is 0.833. The van der Waals surface area contributed by atoms with E-state index in [0.717, 1.165) is 25.9 Å². The number of likely N-dealkylation sites (tertiary alicyclic amines) is 1. The van der Waals surface area contributed by atoms with E-state index in [2.05, 4.69) is 4.74 Å². The highest BCUT2D eigenvalue weighted by Crippen LogP contribution is 2.21. The first-order chi connectivity index (χ1) is 7.54. The standard InChI is InChI=1S/C12H21NO3/c1-9(2)12(15)13-6-4-10(5-7-13)8-11(14)16-3/h9-10H,4-8H2,1-3H3. The largest absolute Gasteiger partial charge is 0.469 e. The van der Waals surface area contributed by atoms with E-state index in [1.807, 2.05) is 18.7 Å². The monoisotopic (exact) mass is 227 g/mol. The second-order valence-corrected chi connectivity index (χ2v) is 4.70. The summed E-state index contributed by atoms with van der Waals surface area (Å²) in [7, 11) is 1.42. The Balaban J connectivity index is 2.34. The molecule has 0 aromatic carbocycles. The molecule has 0 aromatic rings. The van der Waals surface area contributed by atoms with E-state index in [-0.39, 0.29) is 17.8 Å². The Morgan fingerprint density at radius 2 is 1.88 bits per heavy atom. The van der Waals surface area contributed by atoms with E-state index in [9.17, 15) is 9.59 Å². The van der Waals surface area contributed by atoms with Crippen LogP contribution in [0.25, 0.3) is 0 Å². The van der Waals surface area contributed by atoms with E-state index in [0.29, 0.717) is 12.3 Å². The number of hydrogen-bond acceptors (Lipinski definition) is 3. The van der Waals surface area contributed by atoms with Gasteiger partial charge in [-0.05, 0) is 18.8 Å². The van der Waals surface area contributed by atoms with Crippen molar-refractivity contribution >= 4 is 11.9 Å². The van der Waals surface area contributed by atoms with Gasteiger partial charge in [-0.3, -0.25) is 9.59 Å². The zero-order valence-electron chi connectivity index (χ0n) is 10.4. The van der Waals surface area contributed by atoms with Gasteiger partial charge in [0.2, 0.25) is 5.91 Å². The lowest BCUT2D eigenvalue weighted by Gasteiger charge is -2.32. The van der Waals surface area contributed by atoms with Gasteiger partial charge in [-0.1, -0.05) is 13.8 Å². The molecular weight excluding hydrogens is 206 g/mol. The molecule has 0 bridgehead atoms. The molecule has 0 N–H and O–H groups in total. The minimum absolute atomic E-state index is 0.0668. The average molecular weight is 227 g/mol. The third kappa shape index (κ3) is 3.51. The maximum atomic E-state index is 11.7. The molecular formula is C12H21NO3. The minimum atomic E-state index is -0.145. The van der Waals surface area contributed by atoms with E-state index in [1.165, 1.54) is 7.11 Å². The summed E-state index contributed by atoms with van der Waals surface area (Å²) >= 11 is 0. The Labute approximate surface area is 96.9 Å². The number of carbonyl (C=O) groups is 2. The van der Waals surface area contributed by atoms with Gasteiger partial charge in [0.1, 0.15) is 0 Å². The highest BCUT2D eigenvalue weighted by molar-refractivity contribution is 5.78. The Morgan fingerprint density at radius 1 is 1.31 bits per heavy atom. The summed E-state index contributed by atoms with van der Waals surface area (Å²) in [6, 6.07) is 0. The normalized spacial score (nSPS) is 17.6. The molecule has 1 amide bonds. The Bertz CT molecular complexity index is 255. The third-order valence-electron chi connectivity index (χ3n) is 3.10. The van der Waals surface area contributed by atoms with Gasteiger partial charge in [-0.25, -0.2) is 0 Å². The van der Waals surface area contributed by atoms with Crippen molar-refractivity contribution in [1.82, 2.24) is 4.90 Å². The van der Waals surface area contributed by atoms with E-state index < -0.39 is 0 Å². The summed E-state index contributed by atoms with van der Waals surface area (Å²) in [4.78, 5) is 24.7. The molecule has 1 fully saturated rings. The lowest BCUT2D eigenvalue weighted by atomic mass is 9.93. The van der Waals surface area contributed by atoms with Crippen LogP contribution in [0.5, 0.6) is 0 Å². The number of ether oxygens (including phenoxy) is 1. The summed E-state index contributed by atoms with van der Waals surface area (Å²) in [5.74, 6) is 0.519. The maximum absolute atomic E-state index is 11.7. The van der Waals surface area contributed by atoms with E-state index >= 15 is 0 Å². The molecule has 4 nitrogen and oxygen atoms in total. The predicted molar refractivity (Wildman–Crippen MR) is 60.8 cm³/mol. The van der Waals surface area contributed by atoms with Gasteiger partial charge in [-0.15, -0.1) is 0 Å². The molecule has 0 spiro atoms. The highest BCUT2D eigenvalue weighted by Gasteiger charge is 2.25. The SMILES string of the molecule is COC(=O)CC1CCN(C(=O)C(C)C)CC1. The summed E-state index contributed by atoms with van der Waals surface area (Å²) in [6.45, 7) is 5.39. The molecule has 0 saturated carbocycles. The van der Waals surface area contributed by atoms with Crippen LogP contribution in [-0.2, 0) is 14.3 Å². The second-order valence-electron chi connectivity index (χ2n) is 4.70. The van der Waals surface area contributed by atoms with Crippen LogP contribution >= 0.6 is 0 Å². The van der Waals surface area contributed by atoms with Crippen molar-refractivity contribution in [3.05, 3.63) is 0 Å². The second kappa shape index (κ2) is 5.87. The van der Waals surface area contributed by atoms with Crippen molar-refractivity contribution < 1.29 is 14.3 Å². The molecule has 0 aliphatic carbocycles. The average Bonchev–Trinajstić information content (AvgIpc) is 2.28. The minimum Gasteiger partial charge on any atom is -0.469 e. The van der Waals surface area contributed by atoms with Crippen LogP contribution in [-0.4, -0.2) is 37.0 Å². The summed E-state index contributed by atoms with van der Waals surface area (Å²) < 4.78 is 4.65. The number of nitrogens with zero attached hydrogens (tertiary/aromatic N) is 1. The molecule has 1 aliphatic heterocycles. The smallest absolute Gasteiger partial charge is 0.305 e. The van der Waals surface area contributed by atoms with Crippen molar-refractivity contribution in [2.45, 2.75) is 33.1 Å². The fourth-order valence-electron chi connectivity index (χ4n) is 2.04. The van der Waals surface area contributed by atoms with Crippen molar-refractivity contribution in [2.75, 3.05) is 20.2 Å². The van der Waals surface area contributed by atoms with Gasteiger partial charge in [0, 0.05) is 25.4 Å². The molecule has 0 aromatic heterocycles. The number of hydrogen-bond donors (Lipinski definition) is 0. The molecule has 16 heavy (non-hydrogen) atoms. The summed E-state index contributed by atoms with van der Waals surface area (Å²) in [6.07, 6.45) is 2.31. The van der Waals surface area contributed by atoms with Gasteiger partial charge in [-0.2, -0.15) is 0 Å². The van der Waals surface area contributed by atoms with Crippen molar-refractivity contribution in [2.24, 2.45) is 11.8 Å². The number of carbonyl (C=O) groups excluding carboxylic acids is 2.